The van der Waals surface area contributed by atoms with Crippen molar-refractivity contribution in [2.45, 2.75) is 46.1 Å². The van der Waals surface area contributed by atoms with Gasteiger partial charge in [0.25, 0.3) is 0 Å². The van der Waals surface area contributed by atoms with Gasteiger partial charge in [-0.3, -0.25) is 0 Å². The fourth-order valence-electron chi connectivity index (χ4n) is 2.13. The van der Waals surface area contributed by atoms with Gasteiger partial charge in [-0.15, -0.1) is 0 Å². The van der Waals surface area contributed by atoms with E-state index in [9.17, 15) is 0 Å². The lowest BCUT2D eigenvalue weighted by atomic mass is 9.83. The molecule has 0 spiro atoms. The van der Waals surface area contributed by atoms with E-state index in [0.717, 1.165) is 23.6 Å². The monoisotopic (exact) mass is 265 g/mol. The topological polar surface area (TPSA) is 30.5 Å². The second kappa shape index (κ2) is 6.29. The molecule has 0 amide bonds. The van der Waals surface area contributed by atoms with Crippen LogP contribution in [0.3, 0.4) is 0 Å². The van der Waals surface area contributed by atoms with Crippen LogP contribution in [0.25, 0.3) is 0 Å². The first kappa shape index (κ1) is 15.8. The minimum atomic E-state index is -0.0173. The third kappa shape index (κ3) is 3.87. The van der Waals surface area contributed by atoms with E-state index in [-0.39, 0.29) is 5.41 Å². The first-order valence-electron chi connectivity index (χ1n) is 6.78. The summed E-state index contributed by atoms with van der Waals surface area (Å²) in [6, 6.07) is 4.61. The molecule has 1 aromatic rings. The van der Waals surface area contributed by atoms with Crippen LogP contribution in [0.1, 0.15) is 38.8 Å². The molecule has 0 aromatic heterocycles. The molecular formula is C16H27NO2. The van der Waals surface area contributed by atoms with Crippen LogP contribution in [0.15, 0.2) is 12.1 Å². The molecule has 0 saturated carbocycles. The number of methoxy groups -OCH3 is 2. The molecule has 19 heavy (non-hydrogen) atoms. The van der Waals surface area contributed by atoms with Crippen molar-refractivity contribution in [1.82, 2.24) is 5.32 Å². The summed E-state index contributed by atoms with van der Waals surface area (Å²) >= 11 is 0. The fourth-order valence-corrected chi connectivity index (χ4v) is 2.13. The Labute approximate surface area is 117 Å². The summed E-state index contributed by atoms with van der Waals surface area (Å²) in [4.78, 5) is 0. The van der Waals surface area contributed by atoms with Crippen molar-refractivity contribution in [2.75, 3.05) is 20.8 Å². The molecule has 0 bridgehead atoms. The highest BCUT2D eigenvalue weighted by molar-refractivity contribution is 5.49. The molecule has 0 saturated heterocycles. The average molecular weight is 265 g/mol. The molecule has 0 atom stereocenters. The Balaban J connectivity index is 3.15. The maximum absolute atomic E-state index is 5.54. The smallest absolute Gasteiger partial charge is 0.123 e. The number of ether oxygens (including phenoxy) is 2. The zero-order valence-electron chi connectivity index (χ0n) is 13.3. The number of hydrogen-bond donors (Lipinski definition) is 1. The molecule has 0 unspecified atom stereocenters. The van der Waals surface area contributed by atoms with E-state index in [4.69, 9.17) is 9.47 Å². The van der Waals surface area contributed by atoms with Crippen molar-refractivity contribution >= 4 is 0 Å². The van der Waals surface area contributed by atoms with E-state index in [1.165, 1.54) is 5.56 Å². The first-order valence-corrected chi connectivity index (χ1v) is 6.78. The highest BCUT2D eigenvalue weighted by atomic mass is 16.5. The Kier molecular flexibility index (Phi) is 5.24. The lowest BCUT2D eigenvalue weighted by molar-refractivity contribution is 0.372. The predicted octanol–water partition coefficient (Wildman–Crippen LogP) is 3.29. The first-order chi connectivity index (χ1) is 8.81. The predicted molar refractivity (Wildman–Crippen MR) is 80.4 cm³/mol. The van der Waals surface area contributed by atoms with Gasteiger partial charge in [-0.05, 0) is 24.6 Å². The highest BCUT2D eigenvalue weighted by Gasteiger charge is 2.26. The van der Waals surface area contributed by atoms with E-state index in [1.54, 1.807) is 14.2 Å². The van der Waals surface area contributed by atoms with Crippen LogP contribution in [0.4, 0.5) is 0 Å². The van der Waals surface area contributed by atoms with E-state index in [0.29, 0.717) is 6.04 Å². The molecule has 108 valence electrons. The van der Waals surface area contributed by atoms with Gasteiger partial charge in [-0.2, -0.15) is 0 Å². The van der Waals surface area contributed by atoms with Gasteiger partial charge in [0.2, 0.25) is 0 Å². The van der Waals surface area contributed by atoms with E-state index in [1.807, 2.05) is 13.0 Å². The zero-order valence-corrected chi connectivity index (χ0v) is 13.3. The minimum Gasteiger partial charge on any atom is -0.496 e. The molecule has 1 aromatic carbocycles. The van der Waals surface area contributed by atoms with Crippen molar-refractivity contribution in [2.24, 2.45) is 0 Å². The number of hydrogen-bond acceptors (Lipinski definition) is 3. The molecule has 0 heterocycles. The van der Waals surface area contributed by atoms with Crippen molar-refractivity contribution in [1.29, 1.82) is 0 Å². The van der Waals surface area contributed by atoms with Crippen molar-refractivity contribution in [3.8, 4) is 11.5 Å². The summed E-state index contributed by atoms with van der Waals surface area (Å²) in [7, 11) is 3.43. The molecule has 0 aliphatic carbocycles. The standard InChI is InChI=1S/C16H27NO2/c1-11(2)17-10-16(4,5)13-9-14(18-6)12(3)8-15(13)19-7/h8-9,11,17H,10H2,1-7H3. The Morgan fingerprint density at radius 3 is 2.16 bits per heavy atom. The van der Waals surface area contributed by atoms with Gasteiger partial charge in [0, 0.05) is 23.6 Å². The molecule has 0 aliphatic heterocycles. The number of benzene rings is 1. The van der Waals surface area contributed by atoms with Crippen LogP contribution in [-0.4, -0.2) is 26.8 Å². The van der Waals surface area contributed by atoms with E-state index >= 15 is 0 Å². The summed E-state index contributed by atoms with van der Waals surface area (Å²) in [5.74, 6) is 1.84. The Morgan fingerprint density at radius 1 is 1.11 bits per heavy atom. The van der Waals surface area contributed by atoms with Gasteiger partial charge in [0.05, 0.1) is 14.2 Å². The SMILES string of the molecule is COc1cc(C(C)(C)CNC(C)C)c(OC)cc1C. The van der Waals surface area contributed by atoms with Gasteiger partial charge in [-0.1, -0.05) is 27.7 Å². The maximum Gasteiger partial charge on any atom is 0.123 e. The lowest BCUT2D eigenvalue weighted by Gasteiger charge is -2.29. The summed E-state index contributed by atoms with van der Waals surface area (Å²) in [5, 5.41) is 3.49. The zero-order chi connectivity index (χ0) is 14.6. The number of nitrogens with one attached hydrogen (secondary N) is 1. The summed E-state index contributed by atoms with van der Waals surface area (Å²) in [6.45, 7) is 11.7. The Hall–Kier alpha value is -1.22. The van der Waals surface area contributed by atoms with Gasteiger partial charge >= 0.3 is 0 Å². The van der Waals surface area contributed by atoms with Crippen LogP contribution < -0.4 is 14.8 Å². The van der Waals surface area contributed by atoms with Crippen LogP contribution in [-0.2, 0) is 5.41 Å². The molecule has 0 fully saturated rings. The van der Waals surface area contributed by atoms with Crippen molar-refractivity contribution < 1.29 is 9.47 Å². The molecule has 0 radical (unpaired) electrons. The summed E-state index contributed by atoms with van der Waals surface area (Å²) < 4.78 is 11.0. The largest absolute Gasteiger partial charge is 0.496 e. The molecule has 1 rings (SSSR count). The second-order valence-electron chi connectivity index (χ2n) is 5.94. The molecular weight excluding hydrogens is 238 g/mol. The normalized spacial score (nSPS) is 11.8. The summed E-state index contributed by atoms with van der Waals surface area (Å²) in [5.41, 5.74) is 2.25. The molecule has 1 N–H and O–H groups in total. The number of rotatable bonds is 6. The lowest BCUT2D eigenvalue weighted by Crippen LogP contribution is -2.36. The highest BCUT2D eigenvalue weighted by Crippen LogP contribution is 2.36. The molecule has 3 nitrogen and oxygen atoms in total. The quantitative estimate of drug-likeness (QED) is 0.856. The fraction of sp³-hybridized carbons (Fsp3) is 0.625. The van der Waals surface area contributed by atoms with Crippen LogP contribution in [0.2, 0.25) is 0 Å². The molecule has 0 aliphatic rings. The minimum absolute atomic E-state index is 0.0173. The Morgan fingerprint density at radius 2 is 1.68 bits per heavy atom. The van der Waals surface area contributed by atoms with Crippen LogP contribution >= 0.6 is 0 Å². The summed E-state index contributed by atoms with van der Waals surface area (Å²) in [6.07, 6.45) is 0. The molecule has 3 heteroatoms. The average Bonchev–Trinajstić information content (AvgIpc) is 2.35. The van der Waals surface area contributed by atoms with E-state index in [2.05, 4.69) is 39.1 Å². The van der Waals surface area contributed by atoms with Crippen LogP contribution in [0.5, 0.6) is 11.5 Å². The number of aryl methyl sites for hydroxylation is 1. The maximum atomic E-state index is 5.54. The van der Waals surface area contributed by atoms with Gasteiger partial charge < -0.3 is 14.8 Å². The van der Waals surface area contributed by atoms with Crippen LogP contribution in [0, 0.1) is 6.92 Å². The van der Waals surface area contributed by atoms with Gasteiger partial charge in [0.1, 0.15) is 11.5 Å². The van der Waals surface area contributed by atoms with Gasteiger partial charge in [-0.25, -0.2) is 0 Å². The van der Waals surface area contributed by atoms with Crippen molar-refractivity contribution in [3.05, 3.63) is 23.3 Å². The Bertz CT molecular complexity index is 425. The van der Waals surface area contributed by atoms with E-state index < -0.39 is 0 Å². The second-order valence-corrected chi connectivity index (χ2v) is 5.94. The third-order valence-electron chi connectivity index (χ3n) is 3.40. The third-order valence-corrected chi connectivity index (χ3v) is 3.40. The van der Waals surface area contributed by atoms with Gasteiger partial charge in [0.15, 0.2) is 0 Å². The van der Waals surface area contributed by atoms with Crippen molar-refractivity contribution in [3.63, 3.8) is 0 Å².